The van der Waals surface area contributed by atoms with Gasteiger partial charge in [0, 0.05) is 0 Å². The van der Waals surface area contributed by atoms with Gasteiger partial charge in [-0.05, 0) is 0 Å². The SMILES string of the molecule is C#CC(O[CH2])C(=O)O. The molecule has 0 amide bonds. The van der Waals surface area contributed by atoms with E-state index in [1.165, 1.54) is 0 Å². The van der Waals surface area contributed by atoms with Crippen LogP contribution in [-0.2, 0) is 9.53 Å². The Balaban J connectivity index is 3.76. The van der Waals surface area contributed by atoms with E-state index < -0.39 is 12.1 Å². The molecule has 3 heteroatoms. The van der Waals surface area contributed by atoms with Crippen LogP contribution < -0.4 is 0 Å². The highest BCUT2D eigenvalue weighted by Gasteiger charge is 2.10. The lowest BCUT2D eigenvalue weighted by Gasteiger charge is -1.97. The maximum absolute atomic E-state index is 9.85. The Morgan fingerprint density at radius 3 is 2.50 bits per heavy atom. The Hall–Kier alpha value is -1.01. The molecule has 1 radical (unpaired) electrons. The minimum Gasteiger partial charge on any atom is -0.479 e. The summed E-state index contributed by atoms with van der Waals surface area (Å²) >= 11 is 0. The highest BCUT2D eigenvalue weighted by Crippen LogP contribution is 1.85. The number of rotatable bonds is 2. The molecule has 0 aliphatic heterocycles. The number of carboxylic acids is 1. The monoisotopic (exact) mass is 113 g/mol. The molecule has 1 unspecified atom stereocenters. The van der Waals surface area contributed by atoms with Crippen molar-refractivity contribution >= 4 is 5.97 Å². The third-order valence-electron chi connectivity index (χ3n) is 0.542. The zero-order valence-corrected chi connectivity index (χ0v) is 4.13. The molecule has 43 valence electrons. The Morgan fingerprint density at radius 1 is 2.00 bits per heavy atom. The number of carboxylic acid groups (broad SMARTS) is 1. The van der Waals surface area contributed by atoms with Crippen molar-refractivity contribution in [2.24, 2.45) is 0 Å². The van der Waals surface area contributed by atoms with Crippen LogP contribution in [0.4, 0.5) is 0 Å². The summed E-state index contributed by atoms with van der Waals surface area (Å²) in [6.45, 7) is 0. The second-order valence-corrected chi connectivity index (χ2v) is 1.05. The van der Waals surface area contributed by atoms with Crippen molar-refractivity contribution in [3.05, 3.63) is 7.11 Å². The molecule has 0 bridgehead atoms. The Kier molecular flexibility index (Phi) is 2.67. The molecule has 0 saturated heterocycles. The van der Waals surface area contributed by atoms with Gasteiger partial charge in [-0.2, -0.15) is 0 Å². The van der Waals surface area contributed by atoms with Crippen LogP contribution >= 0.6 is 0 Å². The fourth-order valence-electron chi connectivity index (χ4n) is 0.191. The highest BCUT2D eigenvalue weighted by molar-refractivity contribution is 5.75. The van der Waals surface area contributed by atoms with Gasteiger partial charge in [0.15, 0.2) is 0 Å². The summed E-state index contributed by atoms with van der Waals surface area (Å²) in [5.41, 5.74) is 0. The predicted molar refractivity (Wildman–Crippen MR) is 26.7 cm³/mol. The standard InChI is InChI=1S/C5H5O3/c1-3-4(8-2)5(6)7/h1,4H,2H2,(H,6,7). The first-order valence-corrected chi connectivity index (χ1v) is 1.82. The van der Waals surface area contributed by atoms with E-state index in [1.807, 2.05) is 5.92 Å². The molecule has 1 N–H and O–H groups in total. The molecule has 0 aromatic rings. The van der Waals surface area contributed by atoms with Crippen molar-refractivity contribution in [2.75, 3.05) is 0 Å². The smallest absolute Gasteiger partial charge is 0.345 e. The van der Waals surface area contributed by atoms with Crippen LogP contribution in [0.15, 0.2) is 0 Å². The van der Waals surface area contributed by atoms with E-state index in [1.54, 1.807) is 0 Å². The molecule has 0 spiro atoms. The summed E-state index contributed by atoms with van der Waals surface area (Å²) in [5, 5.41) is 8.07. The van der Waals surface area contributed by atoms with E-state index in [4.69, 9.17) is 5.11 Å². The number of ether oxygens (including phenoxy) is 1. The van der Waals surface area contributed by atoms with Crippen LogP contribution in [0.1, 0.15) is 0 Å². The third-order valence-corrected chi connectivity index (χ3v) is 0.542. The number of hydrogen-bond acceptors (Lipinski definition) is 2. The molecule has 0 aromatic carbocycles. The largest absolute Gasteiger partial charge is 0.479 e. The number of carbonyl (C=O) groups is 1. The number of aliphatic carboxylic acids is 1. The summed E-state index contributed by atoms with van der Waals surface area (Å²) in [6.07, 6.45) is 3.48. The van der Waals surface area contributed by atoms with E-state index in [2.05, 4.69) is 18.3 Å². The first kappa shape index (κ1) is 6.99. The summed E-state index contributed by atoms with van der Waals surface area (Å²) in [6, 6.07) is 0. The zero-order chi connectivity index (χ0) is 6.57. The average molecular weight is 113 g/mol. The number of terminal acetylenes is 1. The van der Waals surface area contributed by atoms with Crippen molar-refractivity contribution in [1.82, 2.24) is 0 Å². The van der Waals surface area contributed by atoms with Crippen molar-refractivity contribution < 1.29 is 14.6 Å². The van der Waals surface area contributed by atoms with Crippen molar-refractivity contribution in [3.8, 4) is 12.3 Å². The van der Waals surface area contributed by atoms with E-state index in [0.717, 1.165) is 0 Å². The summed E-state index contributed by atoms with van der Waals surface area (Å²) in [7, 11) is 2.85. The van der Waals surface area contributed by atoms with Crippen LogP contribution in [0.25, 0.3) is 0 Å². The molecule has 0 rings (SSSR count). The fourth-order valence-corrected chi connectivity index (χ4v) is 0.191. The van der Waals surface area contributed by atoms with E-state index in [9.17, 15) is 4.79 Å². The van der Waals surface area contributed by atoms with Gasteiger partial charge in [-0.15, -0.1) is 6.42 Å². The van der Waals surface area contributed by atoms with Gasteiger partial charge in [-0.25, -0.2) is 4.79 Å². The van der Waals surface area contributed by atoms with Crippen LogP contribution in [0, 0.1) is 19.5 Å². The van der Waals surface area contributed by atoms with Gasteiger partial charge >= 0.3 is 5.97 Å². The number of hydrogen-bond donors (Lipinski definition) is 1. The average Bonchev–Trinajstić information content (AvgIpc) is 1.69. The molecule has 0 fully saturated rings. The minimum absolute atomic E-state index is 1.19. The van der Waals surface area contributed by atoms with Crippen LogP contribution in [0.3, 0.4) is 0 Å². The summed E-state index contributed by atoms with van der Waals surface area (Å²) in [5.74, 6) is 0.675. The third kappa shape index (κ3) is 1.63. The minimum atomic E-state index is -1.21. The van der Waals surface area contributed by atoms with E-state index in [0.29, 0.717) is 0 Å². The lowest BCUT2D eigenvalue weighted by Crippen LogP contribution is -2.18. The van der Waals surface area contributed by atoms with Gasteiger partial charge in [0.2, 0.25) is 6.10 Å². The lowest BCUT2D eigenvalue weighted by atomic mass is 10.4. The van der Waals surface area contributed by atoms with Crippen LogP contribution in [0.5, 0.6) is 0 Å². The fraction of sp³-hybridized carbons (Fsp3) is 0.200. The second kappa shape index (κ2) is 3.05. The van der Waals surface area contributed by atoms with E-state index in [-0.39, 0.29) is 0 Å². The van der Waals surface area contributed by atoms with Crippen molar-refractivity contribution in [3.63, 3.8) is 0 Å². The first-order chi connectivity index (χ1) is 3.72. The molecule has 0 aliphatic rings. The van der Waals surface area contributed by atoms with Gasteiger partial charge in [-0.3, -0.25) is 0 Å². The molecular formula is C5H5O3. The zero-order valence-electron chi connectivity index (χ0n) is 4.13. The lowest BCUT2D eigenvalue weighted by molar-refractivity contribution is -0.144. The molecule has 8 heavy (non-hydrogen) atoms. The van der Waals surface area contributed by atoms with Gasteiger partial charge in [0.25, 0.3) is 0 Å². The molecule has 0 saturated carbocycles. The Morgan fingerprint density at radius 2 is 2.50 bits per heavy atom. The first-order valence-electron chi connectivity index (χ1n) is 1.82. The molecule has 0 heterocycles. The summed E-state index contributed by atoms with van der Waals surface area (Å²) < 4.78 is 4.08. The van der Waals surface area contributed by atoms with E-state index >= 15 is 0 Å². The Labute approximate surface area is 47.3 Å². The second-order valence-electron chi connectivity index (χ2n) is 1.05. The quantitative estimate of drug-likeness (QED) is 0.508. The maximum atomic E-state index is 9.85. The molecule has 0 aromatic heterocycles. The van der Waals surface area contributed by atoms with Gasteiger partial charge < -0.3 is 9.84 Å². The van der Waals surface area contributed by atoms with Gasteiger partial charge in [0.05, 0.1) is 7.11 Å². The molecule has 1 atom stereocenters. The maximum Gasteiger partial charge on any atom is 0.345 e. The predicted octanol–water partition coefficient (Wildman–Crippen LogP) is -0.119. The Bertz CT molecular complexity index is 122. The van der Waals surface area contributed by atoms with Crippen LogP contribution in [-0.4, -0.2) is 17.2 Å². The van der Waals surface area contributed by atoms with Gasteiger partial charge in [-0.1, -0.05) is 5.92 Å². The molecule has 3 nitrogen and oxygen atoms in total. The van der Waals surface area contributed by atoms with Gasteiger partial charge in [0.1, 0.15) is 0 Å². The van der Waals surface area contributed by atoms with Crippen molar-refractivity contribution in [1.29, 1.82) is 0 Å². The summed E-state index contributed by atoms with van der Waals surface area (Å²) in [4.78, 5) is 9.85. The normalized spacial score (nSPS) is 12.0. The van der Waals surface area contributed by atoms with Crippen LogP contribution in [0.2, 0.25) is 0 Å². The van der Waals surface area contributed by atoms with Crippen molar-refractivity contribution in [2.45, 2.75) is 6.10 Å². The highest BCUT2D eigenvalue weighted by atomic mass is 16.5. The molecular weight excluding hydrogens is 108 g/mol. The topological polar surface area (TPSA) is 46.5 Å². The molecule has 0 aliphatic carbocycles.